The van der Waals surface area contributed by atoms with Crippen molar-refractivity contribution in [2.45, 2.75) is 42.8 Å². The Labute approximate surface area is 219 Å². The molecule has 2 aliphatic rings. The van der Waals surface area contributed by atoms with Gasteiger partial charge in [0.1, 0.15) is 5.52 Å². The van der Waals surface area contributed by atoms with Crippen LogP contribution in [0.25, 0.3) is 11.0 Å². The largest absolute Gasteiger partial charge is 0.480 e. The Kier molecular flexibility index (Phi) is 7.93. The molecule has 1 fully saturated rings. The molecule has 0 aliphatic carbocycles. The minimum absolute atomic E-state index is 0.0265. The molecule has 0 radical (unpaired) electrons. The maximum Gasteiger partial charge on any atom is 0.234 e. The fourth-order valence-electron chi connectivity index (χ4n) is 4.98. The van der Waals surface area contributed by atoms with E-state index in [4.69, 9.17) is 16.3 Å². The van der Waals surface area contributed by atoms with Crippen LogP contribution in [-0.2, 0) is 11.3 Å². The van der Waals surface area contributed by atoms with Gasteiger partial charge in [0.25, 0.3) is 0 Å². The Morgan fingerprint density at radius 1 is 1.33 bits per heavy atom. The highest BCUT2D eigenvalue weighted by molar-refractivity contribution is 8.00. The Morgan fingerprint density at radius 2 is 2.22 bits per heavy atom. The van der Waals surface area contributed by atoms with Crippen molar-refractivity contribution < 1.29 is 14.6 Å². The minimum Gasteiger partial charge on any atom is -0.480 e. The average Bonchev–Trinajstić information content (AvgIpc) is 2.90. The van der Waals surface area contributed by atoms with Gasteiger partial charge in [-0.1, -0.05) is 17.7 Å². The summed E-state index contributed by atoms with van der Waals surface area (Å²) in [4.78, 5) is 21.8. The second-order valence-corrected chi connectivity index (χ2v) is 10.7. The quantitative estimate of drug-likeness (QED) is 0.349. The summed E-state index contributed by atoms with van der Waals surface area (Å²) in [6.07, 6.45) is 3.37. The van der Waals surface area contributed by atoms with E-state index in [1.807, 2.05) is 6.07 Å². The molecule has 0 bridgehead atoms. The molecule has 1 aromatic heterocycles. The van der Waals surface area contributed by atoms with E-state index >= 15 is 0 Å². The lowest BCUT2D eigenvalue weighted by Crippen LogP contribution is -2.44. The second-order valence-electron chi connectivity index (χ2n) is 9.25. The average molecular weight is 528 g/mol. The molecule has 2 aliphatic heterocycles. The van der Waals surface area contributed by atoms with Gasteiger partial charge < -0.3 is 25.8 Å². The number of aliphatic hydroxyl groups is 1. The molecule has 190 valence electrons. The Morgan fingerprint density at radius 3 is 3.03 bits per heavy atom. The summed E-state index contributed by atoms with van der Waals surface area (Å²) in [6.45, 7) is 2.52. The maximum absolute atomic E-state index is 11.8. The number of nitrogens with one attached hydrogen (secondary N) is 3. The highest BCUT2D eigenvalue weighted by Crippen LogP contribution is 2.35. The minimum atomic E-state index is -0.832. The monoisotopic (exact) mass is 527 g/mol. The first-order chi connectivity index (χ1) is 17.5. The van der Waals surface area contributed by atoms with Gasteiger partial charge in [0.2, 0.25) is 11.8 Å². The summed E-state index contributed by atoms with van der Waals surface area (Å²) in [5, 5.41) is 22.0. The van der Waals surface area contributed by atoms with E-state index in [1.54, 1.807) is 30.1 Å². The molecular formula is C26H30ClN5O3S. The number of methoxy groups -OCH3 is 1. The molecule has 5 rings (SSSR count). The number of anilines is 1. The molecule has 36 heavy (non-hydrogen) atoms. The third kappa shape index (κ3) is 5.60. The van der Waals surface area contributed by atoms with Gasteiger partial charge in [0.05, 0.1) is 36.4 Å². The molecule has 2 aromatic carbocycles. The number of thioether (sulfide) groups is 1. The number of rotatable bonds is 8. The van der Waals surface area contributed by atoms with E-state index in [-0.39, 0.29) is 11.9 Å². The number of benzene rings is 2. The highest BCUT2D eigenvalue weighted by atomic mass is 35.5. The topological polar surface area (TPSA) is 108 Å². The third-order valence-electron chi connectivity index (χ3n) is 6.85. The van der Waals surface area contributed by atoms with Crippen LogP contribution in [0.2, 0.25) is 5.02 Å². The van der Waals surface area contributed by atoms with Crippen LogP contribution in [0.5, 0.6) is 5.88 Å². The molecule has 3 heterocycles. The number of nitrogens with zero attached hydrogens (tertiary/aromatic N) is 2. The SMILES string of the molecule is COc1cnc2ccc(Cl)c(C(O)CC(NCc3ccc4c(c3)NC(=O)CS4)C3CCCNC3)c2n1. The number of ether oxygens (including phenoxy) is 1. The van der Waals surface area contributed by atoms with Crippen LogP contribution < -0.4 is 20.7 Å². The first-order valence-corrected chi connectivity index (χ1v) is 13.5. The van der Waals surface area contributed by atoms with Gasteiger partial charge in [0, 0.05) is 28.1 Å². The van der Waals surface area contributed by atoms with E-state index in [2.05, 4.69) is 38.1 Å². The number of aliphatic hydroxyl groups excluding tert-OH is 1. The molecule has 3 atom stereocenters. The number of hydrogen-bond donors (Lipinski definition) is 4. The van der Waals surface area contributed by atoms with Crippen molar-refractivity contribution in [3.05, 3.63) is 52.7 Å². The Balaban J connectivity index is 1.37. The fourth-order valence-corrected chi connectivity index (χ4v) is 6.05. The van der Waals surface area contributed by atoms with E-state index < -0.39 is 6.10 Å². The lowest BCUT2D eigenvalue weighted by molar-refractivity contribution is -0.113. The maximum atomic E-state index is 11.8. The van der Waals surface area contributed by atoms with Crippen molar-refractivity contribution in [2.24, 2.45) is 5.92 Å². The van der Waals surface area contributed by atoms with Gasteiger partial charge in [-0.25, -0.2) is 9.97 Å². The van der Waals surface area contributed by atoms with E-state index in [1.165, 1.54) is 7.11 Å². The molecule has 3 aromatic rings. The summed E-state index contributed by atoms with van der Waals surface area (Å²) in [7, 11) is 1.54. The number of hydrogen-bond acceptors (Lipinski definition) is 8. The van der Waals surface area contributed by atoms with Crippen molar-refractivity contribution in [1.82, 2.24) is 20.6 Å². The molecule has 0 saturated carbocycles. The molecule has 1 amide bonds. The lowest BCUT2D eigenvalue weighted by Gasteiger charge is -2.33. The number of carbonyl (C=O) groups is 1. The first-order valence-electron chi connectivity index (χ1n) is 12.2. The van der Waals surface area contributed by atoms with Crippen molar-refractivity contribution in [1.29, 1.82) is 0 Å². The van der Waals surface area contributed by atoms with Crippen LogP contribution >= 0.6 is 23.4 Å². The van der Waals surface area contributed by atoms with E-state index in [9.17, 15) is 9.90 Å². The van der Waals surface area contributed by atoms with Gasteiger partial charge in [-0.2, -0.15) is 0 Å². The zero-order valence-electron chi connectivity index (χ0n) is 20.1. The first kappa shape index (κ1) is 25.2. The molecule has 8 nitrogen and oxygen atoms in total. The van der Waals surface area contributed by atoms with Crippen LogP contribution in [0, 0.1) is 5.92 Å². The number of halogens is 1. The molecule has 4 N–H and O–H groups in total. The summed E-state index contributed by atoms with van der Waals surface area (Å²) >= 11 is 8.13. The number of piperidine rings is 1. The third-order valence-corrected chi connectivity index (χ3v) is 8.25. The fraction of sp³-hybridized carbons (Fsp3) is 0.423. The number of carbonyl (C=O) groups excluding carboxylic acids is 1. The smallest absolute Gasteiger partial charge is 0.234 e. The van der Waals surface area contributed by atoms with Crippen LogP contribution in [0.1, 0.15) is 36.5 Å². The number of amides is 1. The van der Waals surface area contributed by atoms with Gasteiger partial charge in [-0.05, 0) is 68.1 Å². The second kappa shape index (κ2) is 11.3. The Bertz CT molecular complexity index is 1250. The van der Waals surface area contributed by atoms with Crippen LogP contribution in [-0.4, -0.2) is 53.0 Å². The normalized spacial score (nSPS) is 19.4. The molecule has 1 saturated heterocycles. The zero-order valence-corrected chi connectivity index (χ0v) is 21.7. The van der Waals surface area contributed by atoms with Gasteiger partial charge in [-0.15, -0.1) is 11.8 Å². The highest BCUT2D eigenvalue weighted by Gasteiger charge is 2.28. The van der Waals surface area contributed by atoms with Crippen LogP contribution in [0.15, 0.2) is 41.4 Å². The molecule has 10 heteroatoms. The molecular weight excluding hydrogens is 498 g/mol. The predicted molar refractivity (Wildman–Crippen MR) is 143 cm³/mol. The van der Waals surface area contributed by atoms with Crippen molar-refractivity contribution >= 4 is 46.0 Å². The van der Waals surface area contributed by atoms with Crippen LogP contribution in [0.4, 0.5) is 5.69 Å². The van der Waals surface area contributed by atoms with E-state index in [0.717, 1.165) is 42.1 Å². The number of aromatic nitrogens is 2. The predicted octanol–water partition coefficient (Wildman–Crippen LogP) is 3.92. The van der Waals surface area contributed by atoms with Crippen molar-refractivity contribution in [2.75, 3.05) is 31.3 Å². The lowest BCUT2D eigenvalue weighted by atomic mass is 9.86. The summed E-state index contributed by atoms with van der Waals surface area (Å²) in [6, 6.07) is 9.78. The van der Waals surface area contributed by atoms with Gasteiger partial charge >= 0.3 is 0 Å². The summed E-state index contributed by atoms with van der Waals surface area (Å²) in [5.74, 6) is 1.21. The van der Waals surface area contributed by atoms with Crippen molar-refractivity contribution in [3.8, 4) is 5.88 Å². The van der Waals surface area contributed by atoms with E-state index in [0.29, 0.717) is 52.1 Å². The van der Waals surface area contributed by atoms with Gasteiger partial charge in [-0.3, -0.25) is 4.79 Å². The molecule has 0 spiro atoms. The number of fused-ring (bicyclic) bond motifs is 2. The van der Waals surface area contributed by atoms with Crippen molar-refractivity contribution in [3.63, 3.8) is 0 Å². The summed E-state index contributed by atoms with van der Waals surface area (Å²) < 4.78 is 5.26. The Hall–Kier alpha value is -2.43. The standard InChI is InChI=1S/C26H30ClN5O3S/c1-35-24-13-30-18-6-5-17(27)25(26(18)32-24)21(33)10-19(16-3-2-8-28-12-16)29-11-15-4-7-22-20(9-15)31-23(34)14-36-22/h4-7,9,13,16,19,21,28-29,33H,2-3,8,10-12,14H2,1H3,(H,31,34). The summed E-state index contributed by atoms with van der Waals surface area (Å²) in [5.41, 5.74) is 3.73. The van der Waals surface area contributed by atoms with Gasteiger partial charge in [0.15, 0.2) is 0 Å². The van der Waals surface area contributed by atoms with Crippen LogP contribution in [0.3, 0.4) is 0 Å². The molecule has 3 unspecified atom stereocenters. The zero-order chi connectivity index (χ0) is 25.1.